The van der Waals surface area contributed by atoms with Crippen LogP contribution in [0, 0.1) is 25.7 Å². The fourth-order valence-corrected chi connectivity index (χ4v) is 5.46. The topological polar surface area (TPSA) is 75.9 Å². The van der Waals surface area contributed by atoms with Crippen LogP contribution >= 0.6 is 0 Å². The number of alkyl halides is 2. The van der Waals surface area contributed by atoms with E-state index in [0.29, 0.717) is 25.2 Å². The van der Waals surface area contributed by atoms with Crippen LogP contribution in [-0.4, -0.2) is 44.7 Å². The number of nitrogens with one attached hydrogen (secondary N) is 1. The summed E-state index contributed by atoms with van der Waals surface area (Å²) < 4.78 is 28.7. The molecule has 1 amide bonds. The van der Waals surface area contributed by atoms with Gasteiger partial charge >= 0.3 is 0 Å². The van der Waals surface area contributed by atoms with Gasteiger partial charge < -0.3 is 10.2 Å². The number of nitrogens with zero attached hydrogens (tertiary/aromatic N) is 5. The molecule has 7 nitrogen and oxygen atoms in total. The molecule has 0 spiro atoms. The lowest BCUT2D eigenvalue weighted by Crippen LogP contribution is -2.28. The van der Waals surface area contributed by atoms with Gasteiger partial charge in [0.25, 0.3) is 11.8 Å². The number of carbonyl (C=O) groups excluding carboxylic acids is 1. The summed E-state index contributed by atoms with van der Waals surface area (Å²) in [6, 6.07) is 5.83. The molecule has 3 aromatic heterocycles. The zero-order valence-electron chi connectivity index (χ0n) is 19.1. The minimum atomic E-state index is -2.49. The molecule has 176 valence electrons. The number of hydrogen-bond acceptors (Lipinski definition) is 5. The van der Waals surface area contributed by atoms with Crippen molar-refractivity contribution in [1.29, 1.82) is 0 Å². The first kappa shape index (κ1) is 21.2. The zero-order valence-corrected chi connectivity index (χ0v) is 19.1. The molecule has 34 heavy (non-hydrogen) atoms. The molecule has 2 fully saturated rings. The average molecular weight is 465 g/mol. The quantitative estimate of drug-likeness (QED) is 0.626. The summed E-state index contributed by atoms with van der Waals surface area (Å²) in [5.74, 6) is -2.95. The Kier molecular flexibility index (Phi) is 4.72. The number of fused-ring (bicyclic) bond motifs is 2. The molecule has 2 unspecified atom stereocenters. The van der Waals surface area contributed by atoms with Crippen molar-refractivity contribution in [2.24, 2.45) is 11.8 Å². The third-order valence-electron chi connectivity index (χ3n) is 7.60. The van der Waals surface area contributed by atoms with Crippen molar-refractivity contribution in [3.05, 3.63) is 70.4 Å². The predicted molar refractivity (Wildman–Crippen MR) is 122 cm³/mol. The number of rotatable bonds is 5. The summed E-state index contributed by atoms with van der Waals surface area (Å²) in [7, 11) is 0. The third kappa shape index (κ3) is 3.45. The highest BCUT2D eigenvalue weighted by Crippen LogP contribution is 2.59. The number of aryl methyl sites for hydroxylation is 2. The molecule has 3 aromatic rings. The van der Waals surface area contributed by atoms with Crippen molar-refractivity contribution < 1.29 is 13.6 Å². The molecule has 1 N–H and O–H groups in total. The van der Waals surface area contributed by atoms with Crippen LogP contribution in [0.3, 0.4) is 0 Å². The second-order valence-corrected chi connectivity index (χ2v) is 9.66. The number of amides is 1. The lowest BCUT2D eigenvalue weighted by Gasteiger charge is -2.21. The standard InChI is InChI=1S/C25H26F2N6O/c1-14-16(3-6-23(30-14)32-12-20-21(13-32)25(20,26)27)10-33-11-17(9-29-33)24(34)31-22-5-4-18-15(2)28-8-7-19(18)22/h3,6-9,11,20-22H,4-5,10,12-13H2,1-2H3,(H,31,34)/t20?,21?,22-/m1/s1. The maximum absolute atomic E-state index is 13.5. The smallest absolute Gasteiger partial charge is 0.258 e. The molecule has 0 aromatic carbocycles. The highest BCUT2D eigenvalue weighted by molar-refractivity contribution is 5.94. The van der Waals surface area contributed by atoms with Gasteiger partial charge in [-0.15, -0.1) is 0 Å². The predicted octanol–water partition coefficient (Wildman–Crippen LogP) is 3.46. The lowest BCUT2D eigenvalue weighted by atomic mass is 10.1. The van der Waals surface area contributed by atoms with E-state index in [1.54, 1.807) is 23.3 Å². The fourth-order valence-electron chi connectivity index (χ4n) is 5.46. The normalized spacial score (nSPS) is 24.1. The zero-order chi connectivity index (χ0) is 23.6. The summed E-state index contributed by atoms with van der Waals surface area (Å²) in [6.07, 6.45) is 6.90. The highest BCUT2D eigenvalue weighted by atomic mass is 19.3. The summed E-state index contributed by atoms with van der Waals surface area (Å²) in [5, 5.41) is 7.49. The van der Waals surface area contributed by atoms with Crippen LogP contribution in [0.4, 0.5) is 14.6 Å². The summed E-state index contributed by atoms with van der Waals surface area (Å²) in [6.45, 7) is 5.12. The Morgan fingerprint density at radius 2 is 1.97 bits per heavy atom. The number of anilines is 1. The first-order chi connectivity index (χ1) is 16.3. The van der Waals surface area contributed by atoms with Crippen LogP contribution in [0.25, 0.3) is 0 Å². The Morgan fingerprint density at radius 1 is 1.18 bits per heavy atom. The van der Waals surface area contributed by atoms with Gasteiger partial charge in [0.15, 0.2) is 0 Å². The Bertz CT molecular complexity index is 1270. The van der Waals surface area contributed by atoms with E-state index in [4.69, 9.17) is 0 Å². The Morgan fingerprint density at radius 3 is 2.74 bits per heavy atom. The van der Waals surface area contributed by atoms with Crippen molar-refractivity contribution in [3.8, 4) is 0 Å². The minimum absolute atomic E-state index is 0.0110. The van der Waals surface area contributed by atoms with E-state index < -0.39 is 17.8 Å². The second-order valence-electron chi connectivity index (χ2n) is 9.66. The van der Waals surface area contributed by atoms with Gasteiger partial charge in [-0.3, -0.25) is 14.5 Å². The van der Waals surface area contributed by atoms with Gasteiger partial charge in [-0.25, -0.2) is 13.8 Å². The molecular weight excluding hydrogens is 438 g/mol. The molecule has 6 rings (SSSR count). The Balaban J connectivity index is 1.10. The van der Waals surface area contributed by atoms with Crippen molar-refractivity contribution in [1.82, 2.24) is 25.1 Å². The molecule has 0 bridgehead atoms. The van der Waals surface area contributed by atoms with E-state index in [1.807, 2.05) is 36.9 Å². The van der Waals surface area contributed by atoms with Gasteiger partial charge in [-0.05, 0) is 55.5 Å². The number of pyridine rings is 2. The molecular formula is C25H26F2N6O. The molecule has 3 aliphatic rings. The van der Waals surface area contributed by atoms with Gasteiger partial charge in [0.2, 0.25) is 0 Å². The highest BCUT2D eigenvalue weighted by Gasteiger charge is 2.71. The Labute approximate surface area is 196 Å². The second kappa shape index (κ2) is 7.58. The molecule has 4 heterocycles. The lowest BCUT2D eigenvalue weighted by molar-refractivity contribution is 0.0796. The number of carbonyl (C=O) groups is 1. The van der Waals surface area contributed by atoms with Gasteiger partial charge in [-0.1, -0.05) is 6.07 Å². The van der Waals surface area contributed by atoms with E-state index in [-0.39, 0.29) is 11.9 Å². The van der Waals surface area contributed by atoms with E-state index in [0.717, 1.165) is 41.2 Å². The van der Waals surface area contributed by atoms with E-state index >= 15 is 0 Å². The van der Waals surface area contributed by atoms with Crippen molar-refractivity contribution in [2.45, 2.75) is 45.2 Å². The fraction of sp³-hybridized carbons (Fsp3) is 0.440. The molecule has 1 saturated carbocycles. The number of hydrogen-bond donors (Lipinski definition) is 1. The summed E-state index contributed by atoms with van der Waals surface area (Å²) in [4.78, 5) is 23.8. The maximum atomic E-state index is 13.5. The molecule has 2 aliphatic carbocycles. The van der Waals surface area contributed by atoms with Crippen LogP contribution in [0.15, 0.2) is 36.8 Å². The minimum Gasteiger partial charge on any atom is -0.356 e. The first-order valence-corrected chi connectivity index (χ1v) is 11.7. The van der Waals surface area contributed by atoms with Gasteiger partial charge in [0, 0.05) is 36.9 Å². The SMILES string of the molecule is Cc1nc(N2CC3C(C2)C3(F)F)ccc1Cn1cc(C(=O)N[C@@H]2CCc3c2ccnc3C)cn1. The van der Waals surface area contributed by atoms with Gasteiger partial charge in [-0.2, -0.15) is 5.10 Å². The largest absolute Gasteiger partial charge is 0.356 e. The number of halogens is 2. The van der Waals surface area contributed by atoms with E-state index in [9.17, 15) is 13.6 Å². The molecule has 1 saturated heterocycles. The van der Waals surface area contributed by atoms with Crippen LogP contribution in [-0.2, 0) is 13.0 Å². The van der Waals surface area contributed by atoms with E-state index in [2.05, 4.69) is 20.4 Å². The van der Waals surface area contributed by atoms with Crippen LogP contribution in [0.5, 0.6) is 0 Å². The van der Waals surface area contributed by atoms with Gasteiger partial charge in [0.1, 0.15) is 5.82 Å². The van der Waals surface area contributed by atoms with Crippen LogP contribution < -0.4 is 10.2 Å². The van der Waals surface area contributed by atoms with Crippen molar-refractivity contribution in [3.63, 3.8) is 0 Å². The van der Waals surface area contributed by atoms with Crippen molar-refractivity contribution in [2.75, 3.05) is 18.0 Å². The van der Waals surface area contributed by atoms with E-state index in [1.165, 1.54) is 5.56 Å². The third-order valence-corrected chi connectivity index (χ3v) is 7.60. The van der Waals surface area contributed by atoms with Crippen molar-refractivity contribution >= 4 is 11.7 Å². The first-order valence-electron chi connectivity index (χ1n) is 11.7. The monoisotopic (exact) mass is 464 g/mol. The Hall–Kier alpha value is -3.36. The number of aromatic nitrogens is 4. The maximum Gasteiger partial charge on any atom is 0.258 e. The summed E-state index contributed by atoms with van der Waals surface area (Å²) >= 11 is 0. The van der Waals surface area contributed by atoms with Crippen LogP contribution in [0.1, 0.15) is 50.9 Å². The molecule has 9 heteroatoms. The van der Waals surface area contributed by atoms with Crippen LogP contribution in [0.2, 0.25) is 0 Å². The molecule has 0 radical (unpaired) electrons. The summed E-state index contributed by atoms with van der Waals surface area (Å²) in [5.41, 5.74) is 5.72. The average Bonchev–Trinajstić information content (AvgIpc) is 3.37. The number of piperidine rings is 1. The van der Waals surface area contributed by atoms with Gasteiger partial charge in [0.05, 0.1) is 36.2 Å². The molecule has 1 aliphatic heterocycles. The molecule has 3 atom stereocenters.